The van der Waals surface area contributed by atoms with Crippen molar-refractivity contribution in [1.82, 2.24) is 5.32 Å². The van der Waals surface area contributed by atoms with Crippen LogP contribution >= 0.6 is 11.6 Å². The van der Waals surface area contributed by atoms with E-state index in [1.54, 1.807) is 13.0 Å². The predicted octanol–water partition coefficient (Wildman–Crippen LogP) is 2.95. The second-order valence-electron chi connectivity index (χ2n) is 4.63. The van der Waals surface area contributed by atoms with Gasteiger partial charge in [-0.25, -0.2) is 12.8 Å². The number of sulfone groups is 1. The number of hydrogen-bond donors (Lipinski definition) is 1. The zero-order valence-electron chi connectivity index (χ0n) is 11.3. The lowest BCUT2D eigenvalue weighted by Gasteiger charge is -2.25. The van der Waals surface area contributed by atoms with Crippen LogP contribution in [-0.2, 0) is 9.84 Å². The Labute approximate surface area is 119 Å². The van der Waals surface area contributed by atoms with Crippen LogP contribution < -0.4 is 5.32 Å². The Hall–Kier alpha value is -0.650. The van der Waals surface area contributed by atoms with E-state index in [2.05, 4.69) is 5.32 Å². The van der Waals surface area contributed by atoms with Gasteiger partial charge in [0.25, 0.3) is 0 Å². The molecule has 0 aliphatic rings. The Kier molecular flexibility index (Phi) is 5.77. The highest BCUT2D eigenvalue weighted by Gasteiger charge is 2.28. The van der Waals surface area contributed by atoms with Crippen LogP contribution in [0, 0.1) is 5.82 Å². The number of benzene rings is 1. The zero-order valence-corrected chi connectivity index (χ0v) is 12.9. The summed E-state index contributed by atoms with van der Waals surface area (Å²) >= 11 is 5.72. The summed E-state index contributed by atoms with van der Waals surface area (Å²) in [7, 11) is -3.27. The van der Waals surface area contributed by atoms with E-state index in [0.717, 1.165) is 12.7 Å². The van der Waals surface area contributed by atoms with Crippen molar-refractivity contribution in [2.75, 3.05) is 12.8 Å². The Morgan fingerprint density at radius 3 is 2.53 bits per heavy atom. The summed E-state index contributed by atoms with van der Waals surface area (Å²) in [5.41, 5.74) is 0.329. The monoisotopic (exact) mass is 307 g/mol. The first-order valence-electron chi connectivity index (χ1n) is 6.14. The zero-order chi connectivity index (χ0) is 14.6. The van der Waals surface area contributed by atoms with Crippen molar-refractivity contribution in [2.45, 2.75) is 31.6 Å². The van der Waals surface area contributed by atoms with Crippen LogP contribution in [0.2, 0.25) is 5.02 Å². The molecule has 3 nitrogen and oxygen atoms in total. The second-order valence-corrected chi connectivity index (χ2v) is 7.47. The van der Waals surface area contributed by atoms with E-state index in [9.17, 15) is 12.8 Å². The summed E-state index contributed by atoms with van der Waals surface area (Å²) < 4.78 is 37.4. The minimum Gasteiger partial charge on any atom is -0.309 e. The maximum atomic E-state index is 14.0. The van der Waals surface area contributed by atoms with Crippen LogP contribution in [0.3, 0.4) is 0 Å². The molecule has 0 saturated carbocycles. The van der Waals surface area contributed by atoms with Gasteiger partial charge in [-0.2, -0.15) is 0 Å². The van der Waals surface area contributed by atoms with E-state index >= 15 is 0 Å². The average molecular weight is 308 g/mol. The summed E-state index contributed by atoms with van der Waals surface area (Å²) in [4.78, 5) is 0. The van der Waals surface area contributed by atoms with Crippen LogP contribution in [0.15, 0.2) is 18.2 Å². The Morgan fingerprint density at radius 1 is 1.42 bits per heavy atom. The molecule has 2 atom stereocenters. The molecule has 2 unspecified atom stereocenters. The SMILES string of the molecule is CCCNC(c1ccc(Cl)cc1F)C(C)S(C)(=O)=O. The number of nitrogens with one attached hydrogen (secondary N) is 1. The Bertz CT molecular complexity index is 533. The maximum absolute atomic E-state index is 14.0. The lowest BCUT2D eigenvalue weighted by molar-refractivity contribution is 0.478. The Balaban J connectivity index is 3.16. The number of rotatable bonds is 6. The van der Waals surface area contributed by atoms with Crippen LogP contribution in [0.25, 0.3) is 0 Å². The van der Waals surface area contributed by atoms with E-state index < -0.39 is 26.9 Å². The van der Waals surface area contributed by atoms with Crippen LogP contribution in [0.1, 0.15) is 31.9 Å². The van der Waals surface area contributed by atoms with Gasteiger partial charge in [0.15, 0.2) is 9.84 Å². The molecule has 0 saturated heterocycles. The first kappa shape index (κ1) is 16.4. The molecule has 0 bridgehead atoms. The molecule has 1 rings (SSSR count). The molecule has 1 aromatic rings. The molecule has 1 aromatic carbocycles. The smallest absolute Gasteiger partial charge is 0.151 e. The molecule has 1 N–H and O–H groups in total. The van der Waals surface area contributed by atoms with Crippen LogP contribution in [0.5, 0.6) is 0 Å². The maximum Gasteiger partial charge on any atom is 0.151 e. The molecule has 0 heterocycles. The van der Waals surface area contributed by atoms with Crippen molar-refractivity contribution in [3.8, 4) is 0 Å². The van der Waals surface area contributed by atoms with E-state index in [1.807, 2.05) is 6.92 Å². The highest BCUT2D eigenvalue weighted by Crippen LogP contribution is 2.26. The number of halogens is 2. The first-order valence-corrected chi connectivity index (χ1v) is 8.47. The standard InChI is InChI=1S/C13H19ClFNO2S/c1-4-7-16-13(9(2)19(3,17)18)11-6-5-10(14)8-12(11)15/h5-6,8-9,13,16H,4,7H2,1-3H3. The molecule has 0 aliphatic heterocycles. The molecular weight excluding hydrogens is 289 g/mol. The van der Waals surface area contributed by atoms with Gasteiger partial charge >= 0.3 is 0 Å². The van der Waals surface area contributed by atoms with E-state index in [4.69, 9.17) is 11.6 Å². The van der Waals surface area contributed by atoms with Crippen LogP contribution in [0.4, 0.5) is 4.39 Å². The summed E-state index contributed by atoms with van der Waals surface area (Å²) in [6.45, 7) is 4.16. The van der Waals surface area contributed by atoms with E-state index in [1.165, 1.54) is 12.1 Å². The fourth-order valence-corrected chi connectivity index (χ4v) is 2.73. The van der Waals surface area contributed by atoms with Gasteiger partial charge < -0.3 is 5.32 Å². The van der Waals surface area contributed by atoms with E-state index in [-0.39, 0.29) is 0 Å². The van der Waals surface area contributed by atoms with Crippen molar-refractivity contribution in [2.24, 2.45) is 0 Å². The fraction of sp³-hybridized carbons (Fsp3) is 0.538. The molecule has 108 valence electrons. The third-order valence-corrected chi connectivity index (χ3v) is 4.91. The lowest BCUT2D eigenvalue weighted by Crippen LogP contribution is -2.36. The van der Waals surface area contributed by atoms with Gasteiger partial charge in [0.1, 0.15) is 5.82 Å². The summed E-state index contributed by atoms with van der Waals surface area (Å²) in [6.07, 6.45) is 1.99. The van der Waals surface area contributed by atoms with Gasteiger partial charge in [-0.15, -0.1) is 0 Å². The Morgan fingerprint density at radius 2 is 2.05 bits per heavy atom. The van der Waals surface area contributed by atoms with Gasteiger partial charge in [-0.05, 0) is 32.0 Å². The molecule has 0 aliphatic carbocycles. The van der Waals surface area contributed by atoms with Crippen molar-refractivity contribution >= 4 is 21.4 Å². The van der Waals surface area contributed by atoms with Crippen molar-refractivity contribution in [3.63, 3.8) is 0 Å². The first-order chi connectivity index (χ1) is 8.77. The van der Waals surface area contributed by atoms with Gasteiger partial charge in [-0.3, -0.25) is 0 Å². The molecule has 0 spiro atoms. The average Bonchev–Trinajstić information content (AvgIpc) is 2.30. The van der Waals surface area contributed by atoms with Crippen molar-refractivity contribution in [1.29, 1.82) is 0 Å². The third kappa shape index (κ3) is 4.44. The molecule has 0 fully saturated rings. The summed E-state index contributed by atoms with van der Waals surface area (Å²) in [5, 5.41) is 2.67. The molecule has 0 radical (unpaired) electrons. The minimum absolute atomic E-state index is 0.294. The van der Waals surface area contributed by atoms with Gasteiger partial charge in [0, 0.05) is 16.8 Å². The molecule has 19 heavy (non-hydrogen) atoms. The van der Waals surface area contributed by atoms with E-state index in [0.29, 0.717) is 17.1 Å². The van der Waals surface area contributed by atoms with Crippen LogP contribution in [-0.4, -0.2) is 26.5 Å². The fourth-order valence-electron chi connectivity index (χ4n) is 1.83. The largest absolute Gasteiger partial charge is 0.309 e. The van der Waals surface area contributed by atoms with Gasteiger partial charge in [-0.1, -0.05) is 24.6 Å². The molecule has 0 aromatic heterocycles. The van der Waals surface area contributed by atoms with Crippen molar-refractivity contribution < 1.29 is 12.8 Å². The predicted molar refractivity (Wildman–Crippen MR) is 76.8 cm³/mol. The van der Waals surface area contributed by atoms with Crippen molar-refractivity contribution in [3.05, 3.63) is 34.6 Å². The van der Waals surface area contributed by atoms with Gasteiger partial charge in [0.2, 0.25) is 0 Å². The second kappa shape index (κ2) is 6.68. The van der Waals surface area contributed by atoms with Gasteiger partial charge in [0.05, 0.1) is 11.3 Å². The minimum atomic E-state index is -3.27. The highest BCUT2D eigenvalue weighted by atomic mass is 35.5. The quantitative estimate of drug-likeness (QED) is 0.879. The topological polar surface area (TPSA) is 46.2 Å². The number of hydrogen-bond acceptors (Lipinski definition) is 3. The molecule has 6 heteroatoms. The highest BCUT2D eigenvalue weighted by molar-refractivity contribution is 7.91. The third-order valence-electron chi connectivity index (χ3n) is 3.06. The molecular formula is C13H19ClFNO2S. The summed E-state index contributed by atoms with van der Waals surface area (Å²) in [5.74, 6) is -0.489. The normalized spacial score (nSPS) is 15.2. The lowest BCUT2D eigenvalue weighted by atomic mass is 10.0. The molecule has 0 amide bonds. The summed E-state index contributed by atoms with van der Waals surface area (Å²) in [6, 6.07) is 3.72.